The Kier molecular flexibility index (Phi) is 3.05. The lowest BCUT2D eigenvalue weighted by Gasteiger charge is -2.27. The second-order valence-corrected chi connectivity index (χ2v) is 4.21. The molecule has 1 aromatic rings. The molecule has 3 rings (SSSR count). The molecular formula is C8H11Cl2NS. The maximum Gasteiger partial charge on any atom is 0.0591 e. The molecule has 0 amide bonds. The monoisotopic (exact) mass is 223 g/mol. The van der Waals surface area contributed by atoms with Gasteiger partial charge in [-0.05, 0) is 17.4 Å². The zero-order valence-electron chi connectivity index (χ0n) is 6.71. The molecule has 2 bridgehead atoms. The molecule has 1 unspecified atom stereocenters. The third-order valence-corrected chi connectivity index (χ3v) is 3.92. The lowest BCUT2D eigenvalue weighted by Crippen LogP contribution is -2.30. The zero-order valence-corrected chi connectivity index (χ0v) is 9.10. The second kappa shape index (κ2) is 3.54. The Hall–Kier alpha value is 0.240. The number of halogens is 2. The zero-order chi connectivity index (χ0) is 8.01. The van der Waals surface area contributed by atoms with Gasteiger partial charge in [-0.3, -0.25) is 0 Å². The van der Waals surface area contributed by atoms with Crippen molar-refractivity contribution in [1.29, 1.82) is 0 Å². The summed E-state index contributed by atoms with van der Waals surface area (Å²) in [6.45, 7) is 2.11. The number of hydrogen-bond donors (Lipinski definition) is 1. The third kappa shape index (κ3) is 1.18. The summed E-state index contributed by atoms with van der Waals surface area (Å²) in [5.41, 5.74) is 7.18. The molecule has 0 saturated carbocycles. The fourth-order valence-corrected chi connectivity index (χ4v) is 3.19. The van der Waals surface area contributed by atoms with Gasteiger partial charge in [0.05, 0.1) is 5.02 Å². The van der Waals surface area contributed by atoms with E-state index in [1.54, 1.807) is 11.3 Å². The summed E-state index contributed by atoms with van der Waals surface area (Å²) < 4.78 is 0. The Morgan fingerprint density at radius 1 is 1.75 bits per heavy atom. The molecule has 1 aliphatic carbocycles. The van der Waals surface area contributed by atoms with Crippen molar-refractivity contribution in [3.8, 4) is 0 Å². The molecule has 1 aliphatic heterocycles. The molecule has 2 heterocycles. The standard InChI is InChI=1S/C8H10ClNS.ClH/c1-2-5(10)6-4-3-11-8(6)7(4)9;/h3,5-6H,2,10H2,1H3;1H/t5-,6?;/m1./s1. The van der Waals surface area contributed by atoms with E-state index in [0.29, 0.717) is 5.92 Å². The Labute approximate surface area is 87.3 Å². The topological polar surface area (TPSA) is 26.0 Å². The molecule has 0 fully saturated rings. The van der Waals surface area contributed by atoms with E-state index in [2.05, 4.69) is 12.3 Å². The minimum atomic E-state index is 0. The summed E-state index contributed by atoms with van der Waals surface area (Å²) in [6, 6.07) is 0.272. The molecule has 0 radical (unpaired) electrons. The largest absolute Gasteiger partial charge is 0.327 e. The summed E-state index contributed by atoms with van der Waals surface area (Å²) >= 11 is 7.68. The number of hydrogen-bond acceptors (Lipinski definition) is 2. The minimum Gasteiger partial charge on any atom is -0.327 e. The Balaban J connectivity index is 0.000000720. The minimum absolute atomic E-state index is 0. The fourth-order valence-electron chi connectivity index (χ4n) is 1.52. The second-order valence-electron chi connectivity index (χ2n) is 2.92. The van der Waals surface area contributed by atoms with Crippen LogP contribution in [0.3, 0.4) is 0 Å². The third-order valence-electron chi connectivity index (χ3n) is 2.30. The van der Waals surface area contributed by atoms with Crippen molar-refractivity contribution >= 4 is 35.3 Å². The van der Waals surface area contributed by atoms with Crippen molar-refractivity contribution in [2.75, 3.05) is 0 Å². The molecule has 0 saturated heterocycles. The summed E-state index contributed by atoms with van der Waals surface area (Å²) in [4.78, 5) is 1.29. The number of rotatable bonds is 2. The molecule has 1 nitrogen and oxygen atoms in total. The van der Waals surface area contributed by atoms with E-state index in [9.17, 15) is 0 Å². The van der Waals surface area contributed by atoms with Gasteiger partial charge in [-0.1, -0.05) is 18.5 Å². The normalized spacial score (nSPS) is 21.1. The van der Waals surface area contributed by atoms with Crippen LogP contribution in [0.4, 0.5) is 0 Å². The average molecular weight is 224 g/mol. The van der Waals surface area contributed by atoms with Gasteiger partial charge in [-0.15, -0.1) is 23.7 Å². The Morgan fingerprint density at radius 2 is 2.42 bits per heavy atom. The molecular weight excluding hydrogens is 213 g/mol. The molecule has 4 heteroatoms. The Bertz CT molecular complexity index is 263. The number of thiophene rings is 1. The van der Waals surface area contributed by atoms with Crippen LogP contribution in [-0.4, -0.2) is 6.04 Å². The van der Waals surface area contributed by atoms with Crippen molar-refractivity contribution < 1.29 is 0 Å². The molecule has 0 spiro atoms. The highest BCUT2D eigenvalue weighted by molar-refractivity contribution is 7.11. The molecule has 0 aromatic carbocycles. The van der Waals surface area contributed by atoms with Gasteiger partial charge in [-0.25, -0.2) is 0 Å². The van der Waals surface area contributed by atoms with Crippen molar-refractivity contribution in [2.45, 2.75) is 25.3 Å². The summed E-state index contributed by atoms with van der Waals surface area (Å²) in [5.74, 6) is 0.470. The maximum absolute atomic E-state index is 5.94. The van der Waals surface area contributed by atoms with Gasteiger partial charge in [0, 0.05) is 16.8 Å². The highest BCUT2D eigenvalue weighted by Gasteiger charge is 2.36. The van der Waals surface area contributed by atoms with Crippen LogP contribution in [0, 0.1) is 0 Å². The summed E-state index contributed by atoms with van der Waals surface area (Å²) in [7, 11) is 0. The van der Waals surface area contributed by atoms with Gasteiger partial charge in [0.2, 0.25) is 0 Å². The first-order valence-corrected chi connectivity index (χ1v) is 5.03. The molecule has 2 atom stereocenters. The Morgan fingerprint density at radius 3 is 2.75 bits per heavy atom. The number of fused-ring (bicyclic) bond motifs is 1. The lowest BCUT2D eigenvalue weighted by atomic mass is 9.83. The van der Waals surface area contributed by atoms with Crippen molar-refractivity contribution in [3.63, 3.8) is 0 Å². The van der Waals surface area contributed by atoms with E-state index in [1.807, 2.05) is 0 Å². The fraction of sp³-hybridized carbons (Fsp3) is 0.500. The van der Waals surface area contributed by atoms with E-state index in [0.717, 1.165) is 11.4 Å². The first kappa shape index (κ1) is 10.3. The van der Waals surface area contributed by atoms with Crippen LogP contribution >= 0.6 is 35.3 Å². The molecule has 2 aliphatic rings. The highest BCUT2D eigenvalue weighted by atomic mass is 35.5. The molecule has 12 heavy (non-hydrogen) atoms. The van der Waals surface area contributed by atoms with Crippen molar-refractivity contribution in [2.24, 2.45) is 5.73 Å². The maximum atomic E-state index is 5.94. The molecule has 68 valence electrons. The first-order valence-electron chi connectivity index (χ1n) is 3.78. The SMILES string of the molecule is CC[C@@H](N)C1c2csc1c2Cl.Cl. The predicted octanol–water partition coefficient (Wildman–Crippen LogP) is 3.01. The average Bonchev–Trinajstić information content (AvgIpc) is 2.59. The van der Waals surface area contributed by atoms with E-state index < -0.39 is 0 Å². The van der Waals surface area contributed by atoms with Gasteiger partial charge in [0.1, 0.15) is 0 Å². The quantitative estimate of drug-likeness (QED) is 0.820. The summed E-state index contributed by atoms with van der Waals surface area (Å²) in [5, 5.41) is 3.08. The van der Waals surface area contributed by atoms with Crippen LogP contribution in [0.15, 0.2) is 5.38 Å². The van der Waals surface area contributed by atoms with Gasteiger partial charge in [-0.2, -0.15) is 0 Å². The lowest BCUT2D eigenvalue weighted by molar-refractivity contribution is 0.569. The van der Waals surface area contributed by atoms with Crippen LogP contribution in [0.5, 0.6) is 0 Å². The number of nitrogens with two attached hydrogens (primary N) is 1. The van der Waals surface area contributed by atoms with Crippen molar-refractivity contribution in [1.82, 2.24) is 0 Å². The van der Waals surface area contributed by atoms with Crippen LogP contribution in [0.25, 0.3) is 0 Å². The van der Waals surface area contributed by atoms with Gasteiger partial charge in [0.25, 0.3) is 0 Å². The van der Waals surface area contributed by atoms with Gasteiger partial charge in [0.15, 0.2) is 0 Å². The van der Waals surface area contributed by atoms with E-state index in [-0.39, 0.29) is 18.4 Å². The predicted molar refractivity (Wildman–Crippen MR) is 56.7 cm³/mol. The van der Waals surface area contributed by atoms with E-state index in [4.69, 9.17) is 17.3 Å². The molecule has 1 aromatic heterocycles. The van der Waals surface area contributed by atoms with Gasteiger partial charge >= 0.3 is 0 Å². The highest BCUT2D eigenvalue weighted by Crippen LogP contribution is 2.51. The van der Waals surface area contributed by atoms with Crippen LogP contribution < -0.4 is 5.73 Å². The van der Waals surface area contributed by atoms with Crippen LogP contribution in [0.1, 0.15) is 29.7 Å². The van der Waals surface area contributed by atoms with E-state index >= 15 is 0 Å². The first-order chi connectivity index (χ1) is 5.25. The molecule has 2 N–H and O–H groups in total. The van der Waals surface area contributed by atoms with Crippen LogP contribution in [0.2, 0.25) is 5.02 Å². The van der Waals surface area contributed by atoms with Gasteiger partial charge < -0.3 is 5.73 Å². The smallest absolute Gasteiger partial charge is 0.0591 e. The van der Waals surface area contributed by atoms with E-state index in [1.165, 1.54) is 10.4 Å². The summed E-state index contributed by atoms with van der Waals surface area (Å²) in [6.07, 6.45) is 1.02. The van der Waals surface area contributed by atoms with Crippen molar-refractivity contribution in [3.05, 3.63) is 20.8 Å². The van der Waals surface area contributed by atoms with Crippen LogP contribution in [-0.2, 0) is 0 Å².